The lowest BCUT2D eigenvalue weighted by Gasteiger charge is -2.05. The highest BCUT2D eigenvalue weighted by atomic mass is 19.1. The Bertz CT molecular complexity index is 531. The summed E-state index contributed by atoms with van der Waals surface area (Å²) in [5.41, 5.74) is 0.317. The van der Waals surface area contributed by atoms with E-state index in [1.807, 2.05) is 0 Å². The molecule has 2 N–H and O–H groups in total. The van der Waals surface area contributed by atoms with Gasteiger partial charge in [-0.25, -0.2) is 8.78 Å². The smallest absolute Gasteiger partial charge is 0.148 e. The maximum Gasteiger partial charge on any atom is 0.148 e. The quantitative estimate of drug-likeness (QED) is 0.870. The fraction of sp³-hybridized carbons (Fsp3) is 0.167. The lowest BCUT2D eigenvalue weighted by Crippen LogP contribution is -2.07. The van der Waals surface area contributed by atoms with Gasteiger partial charge in [0.2, 0.25) is 0 Å². The summed E-state index contributed by atoms with van der Waals surface area (Å²) in [6, 6.07) is 6.28. The molecule has 1 aromatic heterocycles. The van der Waals surface area contributed by atoms with Gasteiger partial charge in [0.1, 0.15) is 17.5 Å². The first-order valence-corrected chi connectivity index (χ1v) is 5.34. The second-order valence-corrected chi connectivity index (χ2v) is 3.58. The second kappa shape index (κ2) is 5.50. The van der Waals surface area contributed by atoms with E-state index in [-0.39, 0.29) is 17.9 Å². The summed E-state index contributed by atoms with van der Waals surface area (Å²) in [5.74, 6) is -0.623. The van der Waals surface area contributed by atoms with E-state index in [0.717, 1.165) is 18.2 Å². The molecule has 1 heterocycles. The van der Waals surface area contributed by atoms with Crippen LogP contribution in [0.25, 0.3) is 11.3 Å². The van der Waals surface area contributed by atoms with E-state index in [9.17, 15) is 8.78 Å². The van der Waals surface area contributed by atoms with Crippen LogP contribution in [0.4, 0.5) is 14.6 Å². The molecule has 1 aromatic carbocycles. The third-order valence-electron chi connectivity index (χ3n) is 2.29. The zero-order valence-corrected chi connectivity index (χ0v) is 9.40. The fourth-order valence-corrected chi connectivity index (χ4v) is 1.45. The Morgan fingerprint density at radius 1 is 1.11 bits per heavy atom. The number of aliphatic hydroxyl groups is 1. The van der Waals surface area contributed by atoms with Crippen molar-refractivity contribution in [3.63, 3.8) is 0 Å². The van der Waals surface area contributed by atoms with E-state index in [1.54, 1.807) is 6.07 Å². The van der Waals surface area contributed by atoms with Gasteiger partial charge in [-0.1, -0.05) is 0 Å². The third kappa shape index (κ3) is 2.78. The molecule has 0 aliphatic rings. The minimum absolute atomic E-state index is 0.0258. The number of nitrogens with one attached hydrogen (secondary N) is 1. The van der Waals surface area contributed by atoms with Gasteiger partial charge in [0.05, 0.1) is 12.3 Å². The number of aromatic nitrogens is 2. The summed E-state index contributed by atoms with van der Waals surface area (Å²) in [6.45, 7) is 0.324. The van der Waals surface area contributed by atoms with Crippen molar-refractivity contribution >= 4 is 5.82 Å². The molecule has 0 bridgehead atoms. The highest BCUT2D eigenvalue weighted by Gasteiger charge is 2.08. The SMILES string of the molecule is OCCNc1ccc(-c2cc(F)ccc2F)nn1. The van der Waals surface area contributed by atoms with Crippen molar-refractivity contribution in [2.45, 2.75) is 0 Å². The van der Waals surface area contributed by atoms with Gasteiger partial charge < -0.3 is 10.4 Å². The predicted molar refractivity (Wildman–Crippen MR) is 63.0 cm³/mol. The average molecular weight is 251 g/mol. The van der Waals surface area contributed by atoms with Gasteiger partial charge in [-0.3, -0.25) is 0 Å². The maximum absolute atomic E-state index is 13.5. The predicted octanol–water partition coefficient (Wildman–Crippen LogP) is 1.83. The Balaban J connectivity index is 2.25. The Morgan fingerprint density at radius 2 is 1.94 bits per heavy atom. The van der Waals surface area contributed by atoms with Crippen LogP contribution in [0.15, 0.2) is 30.3 Å². The number of benzene rings is 1. The van der Waals surface area contributed by atoms with E-state index in [1.165, 1.54) is 6.07 Å². The molecule has 2 aromatic rings. The zero-order valence-electron chi connectivity index (χ0n) is 9.40. The van der Waals surface area contributed by atoms with Crippen molar-refractivity contribution in [2.75, 3.05) is 18.5 Å². The molecule has 0 aliphatic carbocycles. The summed E-state index contributed by atoms with van der Waals surface area (Å²) < 4.78 is 26.5. The van der Waals surface area contributed by atoms with Crippen LogP contribution in [0.2, 0.25) is 0 Å². The zero-order chi connectivity index (χ0) is 13.0. The number of hydrogen-bond donors (Lipinski definition) is 2. The molecule has 0 fully saturated rings. The first-order chi connectivity index (χ1) is 8.70. The molecule has 0 saturated heterocycles. The van der Waals surface area contributed by atoms with Crippen LogP contribution in [0.3, 0.4) is 0 Å². The molecule has 18 heavy (non-hydrogen) atoms. The van der Waals surface area contributed by atoms with Crippen molar-refractivity contribution in [3.05, 3.63) is 42.0 Å². The van der Waals surface area contributed by atoms with E-state index in [0.29, 0.717) is 12.4 Å². The van der Waals surface area contributed by atoms with Crippen LogP contribution < -0.4 is 5.32 Å². The molecule has 0 spiro atoms. The molecule has 0 saturated carbocycles. The first-order valence-electron chi connectivity index (χ1n) is 5.34. The van der Waals surface area contributed by atoms with Crippen molar-refractivity contribution in [1.29, 1.82) is 0 Å². The maximum atomic E-state index is 13.5. The molecule has 0 amide bonds. The van der Waals surface area contributed by atoms with Gasteiger partial charge in [-0.05, 0) is 30.3 Å². The highest BCUT2D eigenvalue weighted by molar-refractivity contribution is 5.60. The standard InChI is InChI=1S/C12H11F2N3O/c13-8-1-2-10(14)9(7-8)11-3-4-12(17-16-11)15-5-6-18/h1-4,7,18H,5-6H2,(H,15,17). The van der Waals surface area contributed by atoms with E-state index in [2.05, 4.69) is 15.5 Å². The summed E-state index contributed by atoms with van der Waals surface area (Å²) in [5, 5.41) is 19.0. The van der Waals surface area contributed by atoms with E-state index < -0.39 is 11.6 Å². The highest BCUT2D eigenvalue weighted by Crippen LogP contribution is 2.21. The van der Waals surface area contributed by atoms with Gasteiger partial charge in [-0.15, -0.1) is 10.2 Å². The molecule has 4 nitrogen and oxygen atoms in total. The number of rotatable bonds is 4. The number of aliphatic hydroxyl groups excluding tert-OH is 1. The lowest BCUT2D eigenvalue weighted by molar-refractivity contribution is 0.311. The molecule has 94 valence electrons. The average Bonchev–Trinajstić information content (AvgIpc) is 2.40. The molecule has 0 atom stereocenters. The summed E-state index contributed by atoms with van der Waals surface area (Å²) in [6.07, 6.45) is 0. The normalized spacial score (nSPS) is 10.4. The molecular formula is C12H11F2N3O. The monoisotopic (exact) mass is 251 g/mol. The van der Waals surface area contributed by atoms with Crippen molar-refractivity contribution in [3.8, 4) is 11.3 Å². The van der Waals surface area contributed by atoms with E-state index in [4.69, 9.17) is 5.11 Å². The van der Waals surface area contributed by atoms with Gasteiger partial charge in [-0.2, -0.15) is 0 Å². The minimum atomic E-state index is -0.554. The summed E-state index contributed by atoms with van der Waals surface area (Å²) in [7, 11) is 0. The van der Waals surface area contributed by atoms with Gasteiger partial charge in [0.15, 0.2) is 0 Å². The largest absolute Gasteiger partial charge is 0.395 e. The Kier molecular flexibility index (Phi) is 3.78. The molecule has 2 rings (SSSR count). The van der Waals surface area contributed by atoms with Crippen LogP contribution >= 0.6 is 0 Å². The van der Waals surface area contributed by atoms with Crippen LogP contribution in [0.5, 0.6) is 0 Å². The van der Waals surface area contributed by atoms with Crippen molar-refractivity contribution < 1.29 is 13.9 Å². The van der Waals surface area contributed by atoms with Gasteiger partial charge >= 0.3 is 0 Å². The number of halogens is 2. The van der Waals surface area contributed by atoms with Gasteiger partial charge in [0, 0.05) is 12.1 Å². The molecule has 0 aliphatic heterocycles. The van der Waals surface area contributed by atoms with Crippen LogP contribution in [0.1, 0.15) is 0 Å². The Hall–Kier alpha value is -2.08. The van der Waals surface area contributed by atoms with Crippen LogP contribution in [-0.4, -0.2) is 28.5 Å². The van der Waals surface area contributed by atoms with Crippen molar-refractivity contribution in [2.24, 2.45) is 0 Å². The fourth-order valence-electron chi connectivity index (χ4n) is 1.45. The number of hydrogen-bond acceptors (Lipinski definition) is 4. The van der Waals surface area contributed by atoms with Crippen molar-refractivity contribution in [1.82, 2.24) is 10.2 Å². The molecule has 6 heteroatoms. The molecular weight excluding hydrogens is 240 g/mol. The third-order valence-corrected chi connectivity index (χ3v) is 2.29. The Labute approximate surface area is 102 Å². The first kappa shape index (κ1) is 12.4. The van der Waals surface area contributed by atoms with Crippen LogP contribution in [-0.2, 0) is 0 Å². The Morgan fingerprint density at radius 3 is 2.61 bits per heavy atom. The summed E-state index contributed by atoms with van der Waals surface area (Å²) in [4.78, 5) is 0. The topological polar surface area (TPSA) is 58.0 Å². The second-order valence-electron chi connectivity index (χ2n) is 3.58. The lowest BCUT2D eigenvalue weighted by atomic mass is 10.1. The van der Waals surface area contributed by atoms with Gasteiger partial charge in [0.25, 0.3) is 0 Å². The number of nitrogens with zero attached hydrogens (tertiary/aromatic N) is 2. The minimum Gasteiger partial charge on any atom is -0.395 e. The van der Waals surface area contributed by atoms with E-state index >= 15 is 0 Å². The summed E-state index contributed by atoms with van der Waals surface area (Å²) >= 11 is 0. The van der Waals surface area contributed by atoms with Crippen LogP contribution in [0, 0.1) is 11.6 Å². The molecule has 0 radical (unpaired) electrons. The molecule has 0 unspecified atom stereocenters. The number of anilines is 1.